The molecule has 34 heavy (non-hydrogen) atoms. The minimum atomic E-state index is -0.0782. The van der Waals surface area contributed by atoms with Gasteiger partial charge in [-0.05, 0) is 24.6 Å². The normalized spacial score (nSPS) is 14.0. The Morgan fingerprint density at radius 1 is 0.882 bits per heavy atom. The van der Waals surface area contributed by atoms with Gasteiger partial charge in [-0.15, -0.1) is 0 Å². The third-order valence-electron chi connectivity index (χ3n) is 5.77. The van der Waals surface area contributed by atoms with Crippen LogP contribution in [0.4, 0.5) is 0 Å². The standard InChI is InChI=1S/C25H33ClN2O6/c1-6-13-34-23-19(26)14-18(15-21(23)31-3)25(29)28-11-9-27(10-12-28)16-17-7-8-20(30-2)24(33-5)22(17)32-4/h7-8,14-15H,6,9-13,16H2,1-5H3. The maximum atomic E-state index is 13.2. The predicted molar refractivity (Wildman–Crippen MR) is 131 cm³/mol. The van der Waals surface area contributed by atoms with E-state index in [0.29, 0.717) is 65.6 Å². The van der Waals surface area contributed by atoms with Crippen molar-refractivity contribution >= 4 is 17.5 Å². The van der Waals surface area contributed by atoms with Gasteiger partial charge in [0.2, 0.25) is 5.75 Å². The highest BCUT2D eigenvalue weighted by Gasteiger charge is 2.26. The van der Waals surface area contributed by atoms with Crippen LogP contribution in [0, 0.1) is 0 Å². The van der Waals surface area contributed by atoms with Crippen LogP contribution in [0.2, 0.25) is 5.02 Å². The number of amides is 1. The lowest BCUT2D eigenvalue weighted by Gasteiger charge is -2.35. The topological polar surface area (TPSA) is 69.7 Å². The van der Waals surface area contributed by atoms with Crippen molar-refractivity contribution in [2.75, 3.05) is 61.2 Å². The number of rotatable bonds is 10. The molecule has 0 unspecified atom stereocenters. The lowest BCUT2D eigenvalue weighted by atomic mass is 10.1. The number of carbonyl (C=O) groups is 1. The maximum absolute atomic E-state index is 13.2. The fourth-order valence-corrected chi connectivity index (χ4v) is 4.27. The van der Waals surface area contributed by atoms with Crippen LogP contribution < -0.4 is 23.7 Å². The van der Waals surface area contributed by atoms with Gasteiger partial charge in [0.1, 0.15) is 0 Å². The summed E-state index contributed by atoms with van der Waals surface area (Å²) >= 11 is 6.41. The number of piperazine rings is 1. The molecule has 3 rings (SSSR count). The van der Waals surface area contributed by atoms with Gasteiger partial charge < -0.3 is 28.6 Å². The van der Waals surface area contributed by atoms with Crippen molar-refractivity contribution in [3.8, 4) is 28.7 Å². The van der Waals surface area contributed by atoms with Crippen molar-refractivity contribution in [1.82, 2.24) is 9.80 Å². The SMILES string of the molecule is CCCOc1c(Cl)cc(C(=O)N2CCN(Cc3ccc(OC)c(OC)c3OC)CC2)cc1OC. The van der Waals surface area contributed by atoms with Crippen LogP contribution >= 0.6 is 11.6 Å². The summed E-state index contributed by atoms with van der Waals surface area (Å²) in [5.74, 6) is 2.71. The molecule has 186 valence electrons. The molecule has 1 aliphatic heterocycles. The first-order valence-electron chi connectivity index (χ1n) is 11.3. The Kier molecular flexibility index (Phi) is 9.12. The van der Waals surface area contributed by atoms with Crippen molar-refractivity contribution in [2.24, 2.45) is 0 Å². The van der Waals surface area contributed by atoms with Gasteiger partial charge in [0.15, 0.2) is 23.0 Å². The summed E-state index contributed by atoms with van der Waals surface area (Å²) in [4.78, 5) is 17.3. The summed E-state index contributed by atoms with van der Waals surface area (Å²) in [5, 5.41) is 0.371. The highest BCUT2D eigenvalue weighted by molar-refractivity contribution is 6.32. The molecule has 0 aliphatic carbocycles. The van der Waals surface area contributed by atoms with E-state index in [9.17, 15) is 4.79 Å². The van der Waals surface area contributed by atoms with Gasteiger partial charge in [-0.25, -0.2) is 0 Å². The first kappa shape index (κ1) is 25.8. The van der Waals surface area contributed by atoms with E-state index < -0.39 is 0 Å². The Morgan fingerprint density at radius 3 is 2.15 bits per heavy atom. The second-order valence-electron chi connectivity index (χ2n) is 7.90. The molecule has 1 amide bonds. The van der Waals surface area contributed by atoms with Gasteiger partial charge in [0.25, 0.3) is 5.91 Å². The highest BCUT2D eigenvalue weighted by Crippen LogP contribution is 2.40. The first-order valence-corrected chi connectivity index (χ1v) is 11.6. The van der Waals surface area contributed by atoms with Crippen molar-refractivity contribution in [2.45, 2.75) is 19.9 Å². The van der Waals surface area contributed by atoms with Crippen LogP contribution in [0.5, 0.6) is 28.7 Å². The predicted octanol–water partition coefficient (Wildman–Crippen LogP) is 4.12. The number of ether oxygens (including phenoxy) is 5. The summed E-state index contributed by atoms with van der Waals surface area (Å²) in [6.07, 6.45) is 0.847. The Bertz CT molecular complexity index is 992. The number of halogens is 1. The van der Waals surface area contributed by atoms with Crippen LogP contribution in [-0.2, 0) is 6.54 Å². The van der Waals surface area contributed by atoms with Crippen molar-refractivity contribution in [3.05, 3.63) is 40.4 Å². The van der Waals surface area contributed by atoms with Crippen molar-refractivity contribution in [1.29, 1.82) is 0 Å². The molecule has 0 saturated carbocycles. The van der Waals surface area contributed by atoms with Gasteiger partial charge in [0, 0.05) is 43.9 Å². The summed E-state index contributed by atoms with van der Waals surface area (Å²) in [6, 6.07) is 7.20. The van der Waals surface area contributed by atoms with E-state index in [2.05, 4.69) is 4.90 Å². The van der Waals surface area contributed by atoms with E-state index in [1.165, 1.54) is 0 Å². The zero-order valence-corrected chi connectivity index (χ0v) is 21.2. The molecule has 0 spiro atoms. The maximum Gasteiger partial charge on any atom is 0.254 e. The fraction of sp³-hybridized carbons (Fsp3) is 0.480. The largest absolute Gasteiger partial charge is 0.493 e. The Hall–Kier alpha value is -2.84. The number of methoxy groups -OCH3 is 4. The number of benzene rings is 2. The van der Waals surface area contributed by atoms with Gasteiger partial charge in [-0.2, -0.15) is 0 Å². The molecule has 1 aliphatic rings. The minimum Gasteiger partial charge on any atom is -0.493 e. The van der Waals surface area contributed by atoms with Gasteiger partial charge in [-0.1, -0.05) is 24.6 Å². The zero-order chi connectivity index (χ0) is 24.7. The molecule has 1 saturated heterocycles. The molecule has 0 bridgehead atoms. The minimum absolute atomic E-state index is 0.0782. The van der Waals surface area contributed by atoms with Gasteiger partial charge in [0.05, 0.1) is 40.1 Å². The molecule has 8 nitrogen and oxygen atoms in total. The molecular weight excluding hydrogens is 460 g/mol. The molecular formula is C25H33ClN2O6. The number of carbonyl (C=O) groups excluding carboxylic acids is 1. The lowest BCUT2D eigenvalue weighted by Crippen LogP contribution is -2.48. The van der Waals surface area contributed by atoms with E-state index in [1.54, 1.807) is 40.6 Å². The first-order chi connectivity index (χ1) is 16.5. The van der Waals surface area contributed by atoms with Crippen molar-refractivity contribution < 1.29 is 28.5 Å². The molecule has 1 heterocycles. The molecule has 2 aromatic carbocycles. The molecule has 0 radical (unpaired) electrons. The average molecular weight is 493 g/mol. The van der Waals surface area contributed by atoms with Crippen LogP contribution in [0.3, 0.4) is 0 Å². The van der Waals surface area contributed by atoms with Crippen LogP contribution in [0.15, 0.2) is 24.3 Å². The number of hydrogen-bond acceptors (Lipinski definition) is 7. The number of hydrogen-bond donors (Lipinski definition) is 0. The van der Waals surface area contributed by atoms with E-state index >= 15 is 0 Å². The summed E-state index contributed by atoms with van der Waals surface area (Å²) in [5.41, 5.74) is 1.49. The molecule has 1 fully saturated rings. The summed E-state index contributed by atoms with van der Waals surface area (Å²) in [6.45, 7) is 5.87. The Morgan fingerprint density at radius 2 is 1.56 bits per heavy atom. The van der Waals surface area contributed by atoms with E-state index in [1.807, 2.05) is 24.0 Å². The van der Waals surface area contributed by atoms with Gasteiger partial charge >= 0.3 is 0 Å². The van der Waals surface area contributed by atoms with Crippen LogP contribution in [-0.4, -0.2) is 76.9 Å². The van der Waals surface area contributed by atoms with Crippen molar-refractivity contribution in [3.63, 3.8) is 0 Å². The number of nitrogens with zero attached hydrogens (tertiary/aromatic N) is 2. The van der Waals surface area contributed by atoms with Gasteiger partial charge in [-0.3, -0.25) is 9.69 Å². The van der Waals surface area contributed by atoms with E-state index in [4.69, 9.17) is 35.3 Å². The third kappa shape index (κ3) is 5.62. The third-order valence-corrected chi connectivity index (χ3v) is 6.05. The molecule has 0 atom stereocenters. The monoisotopic (exact) mass is 492 g/mol. The second kappa shape index (κ2) is 12.0. The quantitative estimate of drug-likeness (QED) is 0.494. The Labute approximate surface area is 206 Å². The molecule has 0 aromatic heterocycles. The second-order valence-corrected chi connectivity index (χ2v) is 8.31. The zero-order valence-electron chi connectivity index (χ0n) is 20.5. The molecule has 9 heteroatoms. The highest BCUT2D eigenvalue weighted by atomic mass is 35.5. The summed E-state index contributed by atoms with van der Waals surface area (Å²) < 4.78 is 27.6. The lowest BCUT2D eigenvalue weighted by molar-refractivity contribution is 0.0627. The van der Waals surface area contributed by atoms with E-state index in [0.717, 1.165) is 25.1 Å². The van der Waals surface area contributed by atoms with Crippen LogP contribution in [0.25, 0.3) is 0 Å². The fourth-order valence-electron chi connectivity index (χ4n) is 4.01. The Balaban J connectivity index is 1.67. The summed E-state index contributed by atoms with van der Waals surface area (Å²) in [7, 11) is 6.36. The van der Waals surface area contributed by atoms with E-state index in [-0.39, 0.29) is 5.91 Å². The molecule has 0 N–H and O–H groups in total. The molecule has 2 aromatic rings. The smallest absolute Gasteiger partial charge is 0.254 e. The van der Waals surface area contributed by atoms with Crippen LogP contribution in [0.1, 0.15) is 29.3 Å². The average Bonchev–Trinajstić information content (AvgIpc) is 2.87.